The highest BCUT2D eigenvalue weighted by Crippen LogP contribution is 2.13. The van der Waals surface area contributed by atoms with Crippen molar-refractivity contribution in [2.75, 3.05) is 20.3 Å². The summed E-state index contributed by atoms with van der Waals surface area (Å²) >= 11 is 0. The summed E-state index contributed by atoms with van der Waals surface area (Å²) < 4.78 is 7.15. The first-order valence-corrected chi connectivity index (χ1v) is 4.78. The highest BCUT2D eigenvalue weighted by molar-refractivity contribution is 5.75. The lowest BCUT2D eigenvalue weighted by Crippen LogP contribution is -2.11. The summed E-state index contributed by atoms with van der Waals surface area (Å²) in [6, 6.07) is 0. The Balaban J connectivity index is 1.95. The average Bonchev–Trinajstić information content (AvgIpc) is 2.79. The van der Waals surface area contributed by atoms with Crippen molar-refractivity contribution >= 4 is 6.21 Å². The third kappa shape index (κ3) is 2.17. The molecule has 0 aliphatic carbocycles. The summed E-state index contributed by atoms with van der Waals surface area (Å²) in [6.07, 6.45) is 4.73. The zero-order chi connectivity index (χ0) is 9.80. The first-order chi connectivity index (χ1) is 6.88. The van der Waals surface area contributed by atoms with Crippen LogP contribution in [0.5, 0.6) is 0 Å². The molecule has 1 fully saturated rings. The maximum atomic E-state index is 5.30. The molecule has 0 N–H and O–H groups in total. The van der Waals surface area contributed by atoms with Crippen molar-refractivity contribution in [3.05, 3.63) is 11.9 Å². The standard InChI is InChI=1S/C9H14N4O/c1-10-4-9-6-13(12-11-9)5-8-2-3-14-7-8/h4,6,8H,2-3,5,7H2,1H3/t8-/m1/s1. The van der Waals surface area contributed by atoms with Crippen LogP contribution in [0.25, 0.3) is 0 Å². The number of hydrogen-bond acceptors (Lipinski definition) is 4. The van der Waals surface area contributed by atoms with Gasteiger partial charge < -0.3 is 4.74 Å². The van der Waals surface area contributed by atoms with Gasteiger partial charge in [-0.25, -0.2) is 0 Å². The number of aliphatic imine (C=N–C) groups is 1. The topological polar surface area (TPSA) is 52.3 Å². The van der Waals surface area contributed by atoms with Gasteiger partial charge >= 0.3 is 0 Å². The van der Waals surface area contributed by atoms with E-state index < -0.39 is 0 Å². The molecule has 1 aromatic rings. The molecule has 1 atom stereocenters. The molecule has 2 rings (SSSR count). The van der Waals surface area contributed by atoms with E-state index in [1.165, 1.54) is 0 Å². The molecule has 1 aliphatic rings. The van der Waals surface area contributed by atoms with Crippen LogP contribution in [0.2, 0.25) is 0 Å². The maximum absolute atomic E-state index is 5.30. The van der Waals surface area contributed by atoms with Gasteiger partial charge in [0.1, 0.15) is 5.69 Å². The molecule has 1 aliphatic heterocycles. The second-order valence-electron chi connectivity index (χ2n) is 3.48. The fraction of sp³-hybridized carbons (Fsp3) is 0.667. The van der Waals surface area contributed by atoms with Crippen molar-refractivity contribution in [1.29, 1.82) is 0 Å². The van der Waals surface area contributed by atoms with E-state index >= 15 is 0 Å². The van der Waals surface area contributed by atoms with Crippen LogP contribution in [0.1, 0.15) is 12.1 Å². The first kappa shape index (κ1) is 9.33. The smallest absolute Gasteiger partial charge is 0.123 e. The summed E-state index contributed by atoms with van der Waals surface area (Å²) in [7, 11) is 1.73. The molecule has 2 heterocycles. The zero-order valence-electron chi connectivity index (χ0n) is 8.26. The number of ether oxygens (including phenoxy) is 1. The van der Waals surface area contributed by atoms with E-state index in [-0.39, 0.29) is 0 Å². The fourth-order valence-corrected chi connectivity index (χ4v) is 1.59. The van der Waals surface area contributed by atoms with Gasteiger partial charge in [-0.1, -0.05) is 5.21 Å². The molecular formula is C9H14N4O. The molecule has 0 spiro atoms. The van der Waals surface area contributed by atoms with Crippen molar-refractivity contribution in [2.45, 2.75) is 13.0 Å². The highest BCUT2D eigenvalue weighted by Gasteiger charge is 2.16. The number of nitrogens with zero attached hydrogens (tertiary/aromatic N) is 4. The molecule has 0 radical (unpaired) electrons. The predicted octanol–water partition coefficient (Wildman–Crippen LogP) is 0.363. The molecule has 14 heavy (non-hydrogen) atoms. The third-order valence-corrected chi connectivity index (χ3v) is 2.29. The maximum Gasteiger partial charge on any atom is 0.123 e. The molecule has 0 bridgehead atoms. The third-order valence-electron chi connectivity index (χ3n) is 2.29. The van der Waals surface area contributed by atoms with Gasteiger partial charge in [-0.3, -0.25) is 9.67 Å². The molecule has 0 unspecified atom stereocenters. The van der Waals surface area contributed by atoms with Gasteiger partial charge in [0.25, 0.3) is 0 Å². The van der Waals surface area contributed by atoms with Gasteiger partial charge in [-0.2, -0.15) is 0 Å². The van der Waals surface area contributed by atoms with Crippen LogP contribution in [0, 0.1) is 5.92 Å². The van der Waals surface area contributed by atoms with Gasteiger partial charge in [0.15, 0.2) is 0 Å². The number of aromatic nitrogens is 3. The Morgan fingerprint density at radius 2 is 2.71 bits per heavy atom. The van der Waals surface area contributed by atoms with Crippen LogP contribution in [-0.2, 0) is 11.3 Å². The van der Waals surface area contributed by atoms with Crippen LogP contribution in [0.3, 0.4) is 0 Å². The van der Waals surface area contributed by atoms with Crippen molar-refractivity contribution in [3.63, 3.8) is 0 Å². The van der Waals surface area contributed by atoms with E-state index in [9.17, 15) is 0 Å². The molecule has 5 nitrogen and oxygen atoms in total. The number of hydrogen-bond donors (Lipinski definition) is 0. The lowest BCUT2D eigenvalue weighted by molar-refractivity contribution is 0.181. The minimum Gasteiger partial charge on any atom is -0.381 e. The molecule has 0 amide bonds. The van der Waals surface area contributed by atoms with E-state index in [1.54, 1.807) is 13.3 Å². The Morgan fingerprint density at radius 3 is 3.43 bits per heavy atom. The van der Waals surface area contributed by atoms with Crippen molar-refractivity contribution in [3.8, 4) is 0 Å². The summed E-state index contributed by atoms with van der Waals surface area (Å²) in [5.74, 6) is 0.586. The molecule has 1 aromatic heterocycles. The molecular weight excluding hydrogens is 180 g/mol. The van der Waals surface area contributed by atoms with E-state index in [0.29, 0.717) is 5.92 Å². The first-order valence-electron chi connectivity index (χ1n) is 4.78. The van der Waals surface area contributed by atoms with Crippen molar-refractivity contribution in [1.82, 2.24) is 15.0 Å². The van der Waals surface area contributed by atoms with Gasteiger partial charge in [-0.05, 0) is 6.42 Å². The van der Waals surface area contributed by atoms with E-state index in [2.05, 4.69) is 15.3 Å². The minimum absolute atomic E-state index is 0.586. The fourth-order valence-electron chi connectivity index (χ4n) is 1.59. The van der Waals surface area contributed by atoms with E-state index in [0.717, 1.165) is 31.9 Å². The van der Waals surface area contributed by atoms with Gasteiger partial charge in [-0.15, -0.1) is 5.10 Å². The van der Waals surface area contributed by atoms with Gasteiger partial charge in [0, 0.05) is 26.1 Å². The zero-order valence-corrected chi connectivity index (χ0v) is 8.26. The Kier molecular flexibility index (Phi) is 2.88. The summed E-state index contributed by atoms with van der Waals surface area (Å²) in [4.78, 5) is 3.89. The van der Waals surface area contributed by atoms with Crippen LogP contribution in [0.4, 0.5) is 0 Å². The van der Waals surface area contributed by atoms with E-state index in [1.807, 2.05) is 10.9 Å². The van der Waals surface area contributed by atoms with Crippen LogP contribution in [-0.4, -0.2) is 41.5 Å². The predicted molar refractivity (Wildman–Crippen MR) is 52.5 cm³/mol. The van der Waals surface area contributed by atoms with Crippen LogP contribution < -0.4 is 0 Å². The summed E-state index contributed by atoms with van der Waals surface area (Å²) in [6.45, 7) is 2.62. The number of rotatable bonds is 3. The Hall–Kier alpha value is -1.23. The Morgan fingerprint density at radius 1 is 1.79 bits per heavy atom. The lowest BCUT2D eigenvalue weighted by atomic mass is 10.1. The molecule has 1 saturated heterocycles. The van der Waals surface area contributed by atoms with Crippen molar-refractivity contribution < 1.29 is 4.74 Å². The van der Waals surface area contributed by atoms with E-state index in [4.69, 9.17) is 4.74 Å². The second kappa shape index (κ2) is 4.32. The van der Waals surface area contributed by atoms with Gasteiger partial charge in [0.2, 0.25) is 0 Å². The second-order valence-corrected chi connectivity index (χ2v) is 3.48. The van der Waals surface area contributed by atoms with Crippen LogP contribution in [0.15, 0.2) is 11.2 Å². The highest BCUT2D eigenvalue weighted by atomic mass is 16.5. The quantitative estimate of drug-likeness (QED) is 0.653. The van der Waals surface area contributed by atoms with Crippen molar-refractivity contribution in [2.24, 2.45) is 10.9 Å². The summed E-state index contributed by atoms with van der Waals surface area (Å²) in [5, 5.41) is 7.99. The largest absolute Gasteiger partial charge is 0.381 e. The SMILES string of the molecule is CN=Cc1cn(C[C@H]2CCOC2)nn1. The summed E-state index contributed by atoms with van der Waals surface area (Å²) in [5.41, 5.74) is 0.811. The average molecular weight is 194 g/mol. The molecule has 5 heteroatoms. The Bertz CT molecular complexity index is 314. The normalized spacial score (nSPS) is 22.2. The monoisotopic (exact) mass is 194 g/mol. The molecule has 0 aromatic carbocycles. The van der Waals surface area contributed by atoms with Gasteiger partial charge in [0.05, 0.1) is 19.0 Å². The lowest BCUT2D eigenvalue weighted by Gasteiger charge is -2.05. The Labute approximate surface area is 82.8 Å². The van der Waals surface area contributed by atoms with Crippen LogP contribution >= 0.6 is 0 Å². The molecule has 76 valence electrons. The molecule has 0 saturated carbocycles. The minimum atomic E-state index is 0.586.